The van der Waals surface area contributed by atoms with Crippen molar-refractivity contribution in [3.05, 3.63) is 71.2 Å². The largest absolute Gasteiger partial charge is 0.465 e. The molecule has 0 aliphatic heterocycles. The molecule has 3 rings (SSSR count). The molecule has 2 aromatic carbocycles. The Kier molecular flexibility index (Phi) is 6.87. The first-order chi connectivity index (χ1) is 14.7. The number of hydrogen-bond acceptors (Lipinski definition) is 5. The molecule has 1 aromatic heterocycles. The summed E-state index contributed by atoms with van der Waals surface area (Å²) in [6.07, 6.45) is 1.16. The average molecular weight is 446 g/mol. The number of rotatable bonds is 8. The van der Waals surface area contributed by atoms with E-state index in [1.165, 1.54) is 48.8 Å². The van der Waals surface area contributed by atoms with Crippen molar-refractivity contribution in [2.24, 2.45) is 0 Å². The second-order valence-electron chi connectivity index (χ2n) is 7.19. The van der Waals surface area contributed by atoms with E-state index in [2.05, 4.69) is 14.9 Å². The number of aryl methyl sites for hydroxylation is 2. The van der Waals surface area contributed by atoms with Gasteiger partial charge in [-0.05, 0) is 61.7 Å². The van der Waals surface area contributed by atoms with E-state index < -0.39 is 16.0 Å². The number of carbonyl (C=O) groups excluding carboxylic acids is 1. The van der Waals surface area contributed by atoms with Crippen LogP contribution in [-0.4, -0.2) is 49.6 Å². The van der Waals surface area contributed by atoms with Gasteiger partial charge in [0.05, 0.1) is 23.3 Å². The number of ether oxygens (including phenoxy) is 1. The summed E-state index contributed by atoms with van der Waals surface area (Å²) in [5.74, 6) is -0.846. The zero-order valence-electron chi connectivity index (χ0n) is 17.6. The standard InChI is InChI=1S/C22H24FN3O4S/c1-15-12-17(22(27)30-3)9-10-21(15)31(28,29)26(2)11-5-8-19-14-20(25-24-19)16-6-4-7-18(23)13-16/h4,6-7,9-10,12-14H,5,8,11H2,1-3H3,(H,24,25). The van der Waals surface area contributed by atoms with Gasteiger partial charge < -0.3 is 4.74 Å². The van der Waals surface area contributed by atoms with E-state index in [4.69, 9.17) is 0 Å². The first kappa shape index (κ1) is 22.6. The molecule has 31 heavy (non-hydrogen) atoms. The van der Waals surface area contributed by atoms with Crippen LogP contribution in [0.3, 0.4) is 0 Å². The summed E-state index contributed by atoms with van der Waals surface area (Å²) < 4.78 is 45.2. The molecule has 0 saturated heterocycles. The van der Waals surface area contributed by atoms with E-state index in [0.29, 0.717) is 41.8 Å². The number of methoxy groups -OCH3 is 1. The Balaban J connectivity index is 1.63. The number of aromatic amines is 1. The van der Waals surface area contributed by atoms with Crippen LogP contribution in [-0.2, 0) is 21.2 Å². The van der Waals surface area contributed by atoms with Gasteiger partial charge in [-0.2, -0.15) is 5.10 Å². The molecule has 0 saturated carbocycles. The lowest BCUT2D eigenvalue weighted by molar-refractivity contribution is 0.0600. The topological polar surface area (TPSA) is 92.4 Å². The minimum atomic E-state index is -3.70. The summed E-state index contributed by atoms with van der Waals surface area (Å²) in [6, 6.07) is 12.4. The Hall–Kier alpha value is -3.04. The van der Waals surface area contributed by atoms with Crippen LogP contribution < -0.4 is 0 Å². The van der Waals surface area contributed by atoms with Crippen LogP contribution >= 0.6 is 0 Å². The predicted octanol–water partition coefficient (Wildman–Crippen LogP) is 3.56. The first-order valence-electron chi connectivity index (χ1n) is 9.68. The van der Waals surface area contributed by atoms with E-state index in [9.17, 15) is 17.6 Å². The van der Waals surface area contributed by atoms with Crippen LogP contribution in [0.25, 0.3) is 11.3 Å². The van der Waals surface area contributed by atoms with Crippen molar-refractivity contribution in [3.63, 3.8) is 0 Å². The molecule has 0 aliphatic carbocycles. The van der Waals surface area contributed by atoms with Crippen molar-refractivity contribution in [1.82, 2.24) is 14.5 Å². The molecule has 0 amide bonds. The van der Waals surface area contributed by atoms with Gasteiger partial charge in [0.2, 0.25) is 10.0 Å². The summed E-state index contributed by atoms with van der Waals surface area (Å²) in [7, 11) is -0.905. The van der Waals surface area contributed by atoms with Gasteiger partial charge in [-0.25, -0.2) is 21.9 Å². The van der Waals surface area contributed by atoms with Gasteiger partial charge in [0.1, 0.15) is 5.82 Å². The average Bonchev–Trinajstić information content (AvgIpc) is 3.21. The molecule has 0 fully saturated rings. The van der Waals surface area contributed by atoms with E-state index in [-0.39, 0.29) is 10.7 Å². The number of hydrogen-bond donors (Lipinski definition) is 1. The van der Waals surface area contributed by atoms with E-state index in [1.54, 1.807) is 19.1 Å². The van der Waals surface area contributed by atoms with Crippen LogP contribution in [0.5, 0.6) is 0 Å². The maximum absolute atomic E-state index is 13.4. The molecule has 3 aromatic rings. The zero-order valence-corrected chi connectivity index (χ0v) is 18.4. The number of benzene rings is 2. The van der Waals surface area contributed by atoms with Gasteiger partial charge in [-0.15, -0.1) is 0 Å². The molecule has 9 heteroatoms. The van der Waals surface area contributed by atoms with Crippen molar-refractivity contribution >= 4 is 16.0 Å². The molecule has 0 unspecified atom stereocenters. The molecule has 0 atom stereocenters. The molecule has 0 aliphatic rings. The number of aromatic nitrogens is 2. The van der Waals surface area contributed by atoms with Crippen molar-refractivity contribution in [2.45, 2.75) is 24.7 Å². The summed E-state index contributed by atoms with van der Waals surface area (Å²) >= 11 is 0. The SMILES string of the molecule is COC(=O)c1ccc(S(=O)(=O)N(C)CCCc2cc(-c3cccc(F)c3)n[nH]2)c(C)c1. The minimum absolute atomic E-state index is 0.151. The maximum Gasteiger partial charge on any atom is 0.337 e. The quantitative estimate of drug-likeness (QED) is 0.535. The molecule has 7 nitrogen and oxygen atoms in total. The number of nitrogens with zero attached hydrogens (tertiary/aromatic N) is 2. The van der Waals surface area contributed by atoms with Gasteiger partial charge in [-0.1, -0.05) is 12.1 Å². The highest BCUT2D eigenvalue weighted by molar-refractivity contribution is 7.89. The monoisotopic (exact) mass is 445 g/mol. The lowest BCUT2D eigenvalue weighted by Gasteiger charge is -2.18. The van der Waals surface area contributed by atoms with Gasteiger partial charge in [0.25, 0.3) is 0 Å². The molecule has 0 bridgehead atoms. The first-order valence-corrected chi connectivity index (χ1v) is 11.1. The third kappa shape index (κ3) is 5.18. The van der Waals surface area contributed by atoms with E-state index >= 15 is 0 Å². The predicted molar refractivity (Wildman–Crippen MR) is 115 cm³/mol. The van der Waals surface area contributed by atoms with Gasteiger partial charge >= 0.3 is 5.97 Å². The Labute approximate surface area is 180 Å². The minimum Gasteiger partial charge on any atom is -0.465 e. The third-order valence-electron chi connectivity index (χ3n) is 4.95. The molecule has 1 heterocycles. The summed E-state index contributed by atoms with van der Waals surface area (Å²) in [4.78, 5) is 11.8. The Bertz CT molecular complexity index is 1190. The smallest absolute Gasteiger partial charge is 0.337 e. The van der Waals surface area contributed by atoms with Crippen molar-refractivity contribution in [1.29, 1.82) is 0 Å². The van der Waals surface area contributed by atoms with Gasteiger partial charge in [0.15, 0.2) is 0 Å². The fourth-order valence-corrected chi connectivity index (χ4v) is 4.66. The van der Waals surface area contributed by atoms with Gasteiger partial charge in [0, 0.05) is 24.8 Å². The molecular weight excluding hydrogens is 421 g/mol. The van der Waals surface area contributed by atoms with Crippen LogP contribution in [0, 0.1) is 12.7 Å². The van der Waals surface area contributed by atoms with E-state index in [1.807, 2.05) is 6.07 Å². The number of sulfonamides is 1. The van der Waals surface area contributed by atoms with Crippen molar-refractivity contribution < 1.29 is 22.3 Å². The number of halogens is 1. The Morgan fingerprint density at radius 3 is 2.65 bits per heavy atom. The lowest BCUT2D eigenvalue weighted by Crippen LogP contribution is -2.29. The van der Waals surface area contributed by atoms with Crippen molar-refractivity contribution in [3.8, 4) is 11.3 Å². The summed E-state index contributed by atoms with van der Waals surface area (Å²) in [5, 5.41) is 7.12. The zero-order chi connectivity index (χ0) is 22.6. The van der Waals surface area contributed by atoms with Crippen LogP contribution in [0.2, 0.25) is 0 Å². The second-order valence-corrected chi connectivity index (χ2v) is 9.20. The summed E-state index contributed by atoms with van der Waals surface area (Å²) in [6.45, 7) is 1.94. The fourth-order valence-electron chi connectivity index (χ4n) is 3.25. The summed E-state index contributed by atoms with van der Waals surface area (Å²) in [5.41, 5.74) is 2.92. The number of H-pyrrole nitrogens is 1. The number of nitrogens with one attached hydrogen (secondary N) is 1. The maximum atomic E-state index is 13.4. The number of carbonyl (C=O) groups is 1. The fraction of sp³-hybridized carbons (Fsp3) is 0.273. The van der Waals surface area contributed by atoms with Crippen LogP contribution in [0.15, 0.2) is 53.4 Å². The van der Waals surface area contributed by atoms with Crippen LogP contribution in [0.1, 0.15) is 28.0 Å². The molecule has 1 N–H and O–H groups in total. The highest BCUT2D eigenvalue weighted by Crippen LogP contribution is 2.22. The van der Waals surface area contributed by atoms with Crippen LogP contribution in [0.4, 0.5) is 4.39 Å². The van der Waals surface area contributed by atoms with Gasteiger partial charge in [-0.3, -0.25) is 5.10 Å². The Morgan fingerprint density at radius 1 is 1.19 bits per heavy atom. The number of esters is 1. The second kappa shape index (κ2) is 9.40. The highest BCUT2D eigenvalue weighted by atomic mass is 32.2. The van der Waals surface area contributed by atoms with Crippen molar-refractivity contribution in [2.75, 3.05) is 20.7 Å². The molecule has 0 radical (unpaired) electrons. The molecular formula is C22H24FN3O4S. The van der Waals surface area contributed by atoms with E-state index in [0.717, 1.165) is 5.69 Å². The highest BCUT2D eigenvalue weighted by Gasteiger charge is 2.23. The Morgan fingerprint density at radius 2 is 1.97 bits per heavy atom. The lowest BCUT2D eigenvalue weighted by atomic mass is 10.1. The third-order valence-corrected chi connectivity index (χ3v) is 6.97. The molecule has 0 spiro atoms. The normalized spacial score (nSPS) is 11.6. The molecule has 164 valence electrons.